The molecule has 0 aliphatic heterocycles. The minimum Gasteiger partial charge on any atom is -0.478 e. The number of carboxylic acid groups (broad SMARTS) is 1. The number of aryl methyl sites for hydroxylation is 1. The highest BCUT2D eigenvalue weighted by Gasteiger charge is 2.37. The number of alkyl halides is 3. The van der Waals surface area contributed by atoms with Gasteiger partial charge in [0.15, 0.2) is 0 Å². The van der Waals surface area contributed by atoms with Crippen LogP contribution in [0.15, 0.2) is 18.7 Å². The predicted octanol–water partition coefficient (Wildman–Crippen LogP) is 1.38. The lowest BCUT2D eigenvalue weighted by molar-refractivity contribution is -0.138. The van der Waals surface area contributed by atoms with Gasteiger partial charge in [0.25, 0.3) is 0 Å². The van der Waals surface area contributed by atoms with Crippen LogP contribution in [-0.4, -0.2) is 30.4 Å². The molecule has 0 atom stereocenters. The van der Waals surface area contributed by atoms with Crippen molar-refractivity contribution in [2.75, 3.05) is 0 Å². The largest absolute Gasteiger partial charge is 0.478 e. The molecule has 0 aliphatic rings. The van der Waals surface area contributed by atoms with Crippen LogP contribution in [-0.2, 0) is 19.8 Å². The molecular weight excluding hydrogens is 265 g/mol. The molecule has 1 N–H and O–H groups in total. The van der Waals surface area contributed by atoms with Crippen molar-refractivity contribution in [3.05, 3.63) is 35.7 Å². The second kappa shape index (κ2) is 4.41. The maximum atomic E-state index is 12.7. The molecule has 0 saturated carbocycles. The van der Waals surface area contributed by atoms with E-state index >= 15 is 0 Å². The van der Waals surface area contributed by atoms with E-state index in [4.69, 9.17) is 5.11 Å². The van der Waals surface area contributed by atoms with E-state index in [9.17, 15) is 18.0 Å². The van der Waals surface area contributed by atoms with Gasteiger partial charge in [-0.1, -0.05) is 0 Å². The van der Waals surface area contributed by atoms with Crippen molar-refractivity contribution in [1.29, 1.82) is 0 Å². The molecule has 0 aromatic carbocycles. The first-order valence-electron chi connectivity index (χ1n) is 5.12. The summed E-state index contributed by atoms with van der Waals surface area (Å²) >= 11 is 0. The number of hydrogen-bond acceptors (Lipinski definition) is 3. The molecule has 0 radical (unpaired) electrons. The monoisotopic (exact) mass is 274 g/mol. The molecule has 0 saturated heterocycles. The average Bonchev–Trinajstić information content (AvgIpc) is 2.86. The summed E-state index contributed by atoms with van der Waals surface area (Å²) in [6, 6.07) is 0. The van der Waals surface area contributed by atoms with E-state index < -0.39 is 23.3 Å². The Morgan fingerprint density at radius 3 is 2.53 bits per heavy atom. The standard InChI is InChI=1S/C10H9F3N4O2/c1-16-8(14-5-15-16)4-17-2-6(9(18)19)7(3-17)10(11,12)13/h2-3,5H,4H2,1H3,(H,18,19). The number of carboxylic acids is 1. The minimum atomic E-state index is -4.71. The van der Waals surface area contributed by atoms with Gasteiger partial charge >= 0.3 is 12.1 Å². The zero-order valence-electron chi connectivity index (χ0n) is 9.72. The van der Waals surface area contributed by atoms with Crippen LogP contribution in [0.3, 0.4) is 0 Å². The molecule has 0 unspecified atom stereocenters. The molecule has 2 aromatic rings. The van der Waals surface area contributed by atoms with Crippen LogP contribution in [0.25, 0.3) is 0 Å². The lowest BCUT2D eigenvalue weighted by Crippen LogP contribution is -2.09. The van der Waals surface area contributed by atoms with E-state index in [1.165, 1.54) is 11.0 Å². The Balaban J connectivity index is 2.39. The number of halogens is 3. The first-order valence-corrected chi connectivity index (χ1v) is 5.12. The van der Waals surface area contributed by atoms with Crippen molar-refractivity contribution in [2.24, 2.45) is 7.05 Å². The second-order valence-corrected chi connectivity index (χ2v) is 3.86. The molecule has 2 aromatic heterocycles. The summed E-state index contributed by atoms with van der Waals surface area (Å²) in [7, 11) is 1.59. The smallest absolute Gasteiger partial charge is 0.418 e. The Hall–Kier alpha value is -2.32. The fraction of sp³-hybridized carbons (Fsp3) is 0.300. The highest BCUT2D eigenvalue weighted by Crippen LogP contribution is 2.32. The fourth-order valence-electron chi connectivity index (χ4n) is 1.62. The summed E-state index contributed by atoms with van der Waals surface area (Å²) in [4.78, 5) is 14.7. The molecule has 9 heteroatoms. The number of nitrogens with zero attached hydrogens (tertiary/aromatic N) is 4. The van der Waals surface area contributed by atoms with Crippen LogP contribution in [0.5, 0.6) is 0 Å². The van der Waals surface area contributed by atoms with Crippen molar-refractivity contribution >= 4 is 5.97 Å². The van der Waals surface area contributed by atoms with Crippen LogP contribution < -0.4 is 0 Å². The number of aromatic nitrogens is 4. The normalized spacial score (nSPS) is 11.8. The van der Waals surface area contributed by atoms with Gasteiger partial charge in [-0.05, 0) is 0 Å². The highest BCUT2D eigenvalue weighted by molar-refractivity contribution is 5.89. The fourth-order valence-corrected chi connectivity index (χ4v) is 1.62. The van der Waals surface area contributed by atoms with E-state index in [0.717, 1.165) is 17.0 Å². The van der Waals surface area contributed by atoms with Crippen molar-refractivity contribution in [3.8, 4) is 0 Å². The summed E-state index contributed by atoms with van der Waals surface area (Å²) in [5.74, 6) is -1.20. The Bertz CT molecular complexity index is 615. The molecule has 0 fully saturated rings. The molecule has 6 nitrogen and oxygen atoms in total. The number of rotatable bonds is 3. The average molecular weight is 274 g/mol. The van der Waals surface area contributed by atoms with Crippen LogP contribution in [0.1, 0.15) is 21.7 Å². The third-order valence-electron chi connectivity index (χ3n) is 2.54. The zero-order chi connectivity index (χ0) is 14.2. The summed E-state index contributed by atoms with van der Waals surface area (Å²) in [6.07, 6.45) is -1.77. The van der Waals surface area contributed by atoms with Gasteiger partial charge in [0.2, 0.25) is 0 Å². The van der Waals surface area contributed by atoms with Gasteiger partial charge in [0, 0.05) is 19.4 Å². The second-order valence-electron chi connectivity index (χ2n) is 3.86. The summed E-state index contributed by atoms with van der Waals surface area (Å²) in [5.41, 5.74) is -1.96. The minimum absolute atomic E-state index is 0.00681. The van der Waals surface area contributed by atoms with Crippen LogP contribution in [0, 0.1) is 0 Å². The first kappa shape index (κ1) is 13.1. The van der Waals surface area contributed by atoms with E-state index in [1.54, 1.807) is 7.05 Å². The Morgan fingerprint density at radius 2 is 2.11 bits per heavy atom. The van der Waals surface area contributed by atoms with Crippen molar-refractivity contribution in [1.82, 2.24) is 19.3 Å². The molecular formula is C10H9F3N4O2. The molecule has 0 spiro atoms. The van der Waals surface area contributed by atoms with E-state index in [2.05, 4.69) is 10.1 Å². The number of aromatic carboxylic acids is 1. The third-order valence-corrected chi connectivity index (χ3v) is 2.54. The first-order chi connectivity index (χ1) is 8.79. The summed E-state index contributed by atoms with van der Waals surface area (Å²) < 4.78 is 40.5. The van der Waals surface area contributed by atoms with Gasteiger partial charge in [-0.2, -0.15) is 18.3 Å². The zero-order valence-corrected chi connectivity index (χ0v) is 9.72. The molecule has 19 heavy (non-hydrogen) atoms. The van der Waals surface area contributed by atoms with E-state index in [-0.39, 0.29) is 6.54 Å². The van der Waals surface area contributed by atoms with Gasteiger partial charge in [-0.25, -0.2) is 9.78 Å². The SMILES string of the molecule is Cn1ncnc1Cn1cc(C(=O)O)c(C(F)(F)F)c1. The molecule has 102 valence electrons. The lowest BCUT2D eigenvalue weighted by atomic mass is 10.2. The van der Waals surface area contributed by atoms with Crippen LogP contribution in [0.2, 0.25) is 0 Å². The molecule has 2 heterocycles. The van der Waals surface area contributed by atoms with Crippen molar-refractivity contribution in [2.45, 2.75) is 12.7 Å². The van der Waals surface area contributed by atoms with Gasteiger partial charge in [-0.3, -0.25) is 4.68 Å². The molecule has 0 bridgehead atoms. The van der Waals surface area contributed by atoms with Crippen molar-refractivity contribution < 1.29 is 23.1 Å². The Kier molecular flexibility index (Phi) is 3.05. The van der Waals surface area contributed by atoms with Crippen molar-refractivity contribution in [3.63, 3.8) is 0 Å². The maximum Gasteiger partial charge on any atom is 0.418 e. The number of hydrogen-bond donors (Lipinski definition) is 1. The molecule has 0 amide bonds. The van der Waals surface area contributed by atoms with Gasteiger partial charge in [0.05, 0.1) is 17.7 Å². The van der Waals surface area contributed by atoms with E-state index in [0.29, 0.717) is 5.82 Å². The molecule has 0 aliphatic carbocycles. The maximum absolute atomic E-state index is 12.7. The molecule has 2 rings (SSSR count). The van der Waals surface area contributed by atoms with Crippen LogP contribution in [0.4, 0.5) is 13.2 Å². The predicted molar refractivity (Wildman–Crippen MR) is 56.5 cm³/mol. The van der Waals surface area contributed by atoms with Gasteiger partial charge in [0.1, 0.15) is 12.2 Å². The number of carbonyl (C=O) groups is 1. The van der Waals surface area contributed by atoms with Gasteiger partial charge < -0.3 is 9.67 Å². The van der Waals surface area contributed by atoms with Gasteiger partial charge in [-0.15, -0.1) is 0 Å². The summed E-state index contributed by atoms with van der Waals surface area (Å²) in [6.45, 7) is 0.00681. The van der Waals surface area contributed by atoms with E-state index in [1.807, 2.05) is 0 Å². The summed E-state index contributed by atoms with van der Waals surface area (Å²) in [5, 5.41) is 12.6. The lowest BCUT2D eigenvalue weighted by Gasteiger charge is -2.04. The Morgan fingerprint density at radius 1 is 1.42 bits per heavy atom. The third kappa shape index (κ3) is 2.59. The Labute approximate surface area is 105 Å². The quantitative estimate of drug-likeness (QED) is 0.917. The van der Waals surface area contributed by atoms with Crippen LogP contribution >= 0.6 is 0 Å². The highest BCUT2D eigenvalue weighted by atomic mass is 19.4. The topological polar surface area (TPSA) is 72.9 Å².